The molecule has 24 heavy (non-hydrogen) atoms. The molecular weight excluding hydrogens is 328 g/mol. The van der Waals surface area contributed by atoms with E-state index >= 15 is 0 Å². The average molecular weight is 341 g/mol. The largest absolute Gasteiger partial charge is 0.456 e. The minimum atomic E-state index is -0.514. The quantitative estimate of drug-likeness (QED) is 0.786. The average Bonchev–Trinajstić information content (AvgIpc) is 2.54. The first-order valence-corrected chi connectivity index (χ1v) is 7.99. The lowest BCUT2D eigenvalue weighted by molar-refractivity contribution is -0.115. The summed E-state index contributed by atoms with van der Waals surface area (Å²) >= 11 is 5.97. The number of fused-ring (bicyclic) bond motifs is 2. The topological polar surface area (TPSA) is 56.5 Å². The Kier molecular flexibility index (Phi) is 3.43. The maximum absolute atomic E-state index is 12.5. The molecular formula is C19H13ClO4. The minimum absolute atomic E-state index is 0.0388. The van der Waals surface area contributed by atoms with Crippen molar-refractivity contribution in [2.75, 3.05) is 0 Å². The van der Waals surface area contributed by atoms with Crippen molar-refractivity contribution >= 4 is 23.0 Å². The normalized spacial score (nSPS) is 16.2. The Balaban J connectivity index is 2.09. The summed E-state index contributed by atoms with van der Waals surface area (Å²) in [6.45, 7) is 1.69. The number of rotatable bonds is 1. The highest BCUT2D eigenvalue weighted by molar-refractivity contribution is 6.30. The number of carbonyl (C=O) groups is 1. The Labute approximate surface area is 143 Å². The van der Waals surface area contributed by atoms with E-state index in [9.17, 15) is 9.59 Å². The summed E-state index contributed by atoms with van der Waals surface area (Å²) in [5, 5.41) is 0.582. The van der Waals surface area contributed by atoms with Crippen LogP contribution in [0.2, 0.25) is 5.02 Å². The second kappa shape index (κ2) is 5.49. The molecule has 5 heteroatoms. The van der Waals surface area contributed by atoms with E-state index in [1.807, 2.05) is 6.08 Å². The first-order valence-electron chi connectivity index (χ1n) is 7.61. The van der Waals surface area contributed by atoms with Gasteiger partial charge in [-0.3, -0.25) is 4.79 Å². The van der Waals surface area contributed by atoms with E-state index in [0.29, 0.717) is 46.3 Å². The summed E-state index contributed by atoms with van der Waals surface area (Å²) in [6, 6.07) is 8.71. The van der Waals surface area contributed by atoms with Crippen molar-refractivity contribution in [2.24, 2.45) is 0 Å². The van der Waals surface area contributed by atoms with Crippen LogP contribution in [-0.2, 0) is 4.79 Å². The van der Waals surface area contributed by atoms with E-state index in [1.54, 1.807) is 37.3 Å². The number of allylic oxidation sites excluding steroid dienone is 2. The summed E-state index contributed by atoms with van der Waals surface area (Å²) in [7, 11) is 0. The summed E-state index contributed by atoms with van der Waals surface area (Å²) in [5.41, 5.74) is 1.49. The number of hydrogen-bond acceptors (Lipinski definition) is 4. The number of carbonyl (C=O) groups excluding carboxylic acids is 1. The summed E-state index contributed by atoms with van der Waals surface area (Å²) in [6.07, 6.45) is 2.91. The van der Waals surface area contributed by atoms with Crippen molar-refractivity contribution in [1.82, 2.24) is 0 Å². The number of benzene rings is 1. The number of halogens is 1. The molecule has 0 unspecified atom stereocenters. The molecule has 0 radical (unpaired) electrons. The van der Waals surface area contributed by atoms with Crippen LogP contribution in [0.1, 0.15) is 29.7 Å². The second-order valence-corrected chi connectivity index (χ2v) is 6.21. The third-order valence-electron chi connectivity index (χ3n) is 4.12. The molecule has 0 spiro atoms. The monoisotopic (exact) mass is 340 g/mol. The highest BCUT2D eigenvalue weighted by Gasteiger charge is 2.34. The van der Waals surface area contributed by atoms with Crippen LogP contribution in [0.4, 0.5) is 0 Å². The van der Waals surface area contributed by atoms with Crippen LogP contribution >= 0.6 is 11.6 Å². The number of aryl methyl sites for hydroxylation is 1. The molecule has 0 atom stereocenters. The van der Waals surface area contributed by atoms with Gasteiger partial charge in [-0.1, -0.05) is 23.7 Å². The molecule has 1 aromatic heterocycles. The van der Waals surface area contributed by atoms with E-state index in [-0.39, 0.29) is 11.3 Å². The van der Waals surface area contributed by atoms with Gasteiger partial charge in [0.15, 0.2) is 5.78 Å². The predicted molar refractivity (Wildman–Crippen MR) is 90.1 cm³/mol. The first-order chi connectivity index (χ1) is 11.5. The fourth-order valence-corrected chi connectivity index (χ4v) is 3.22. The zero-order chi connectivity index (χ0) is 16.8. The molecule has 2 aromatic rings. The highest BCUT2D eigenvalue weighted by Crippen LogP contribution is 2.42. The predicted octanol–water partition coefficient (Wildman–Crippen LogP) is 4.04. The zero-order valence-electron chi connectivity index (χ0n) is 12.9. The number of ketones is 1. The third-order valence-corrected chi connectivity index (χ3v) is 4.37. The van der Waals surface area contributed by atoms with Crippen molar-refractivity contribution < 1.29 is 13.9 Å². The molecule has 0 saturated carbocycles. The Morgan fingerprint density at radius 3 is 2.58 bits per heavy atom. The third kappa shape index (κ3) is 2.31. The van der Waals surface area contributed by atoms with E-state index in [2.05, 4.69) is 0 Å². The van der Waals surface area contributed by atoms with E-state index in [0.717, 1.165) is 5.56 Å². The van der Waals surface area contributed by atoms with Gasteiger partial charge in [0.1, 0.15) is 22.8 Å². The molecule has 1 aliphatic carbocycles. The van der Waals surface area contributed by atoms with E-state index in [1.165, 1.54) is 0 Å². The SMILES string of the molecule is Cc1cc2c(c(=O)o1)C(c1ccc(Cl)cc1)=C1C(=O)CCC=C1O2. The van der Waals surface area contributed by atoms with Gasteiger partial charge in [0.2, 0.25) is 0 Å². The fourth-order valence-electron chi connectivity index (χ4n) is 3.09. The lowest BCUT2D eigenvalue weighted by Crippen LogP contribution is -2.24. The lowest BCUT2D eigenvalue weighted by atomic mass is 9.85. The molecule has 4 nitrogen and oxygen atoms in total. The Morgan fingerprint density at radius 2 is 1.83 bits per heavy atom. The van der Waals surface area contributed by atoms with Crippen LogP contribution < -0.4 is 10.4 Å². The molecule has 0 bridgehead atoms. The molecule has 4 rings (SSSR count). The van der Waals surface area contributed by atoms with Gasteiger partial charge < -0.3 is 9.15 Å². The van der Waals surface area contributed by atoms with Crippen LogP contribution in [0.15, 0.2) is 57.0 Å². The van der Waals surface area contributed by atoms with Gasteiger partial charge in [-0.25, -0.2) is 4.79 Å². The van der Waals surface area contributed by atoms with Crippen molar-refractivity contribution in [3.05, 3.63) is 80.1 Å². The van der Waals surface area contributed by atoms with E-state index < -0.39 is 5.63 Å². The smallest absolute Gasteiger partial charge is 0.347 e. The zero-order valence-corrected chi connectivity index (χ0v) is 13.6. The number of hydrogen-bond donors (Lipinski definition) is 0. The van der Waals surface area contributed by atoms with Crippen LogP contribution in [0.5, 0.6) is 5.75 Å². The van der Waals surface area contributed by atoms with Crippen molar-refractivity contribution in [1.29, 1.82) is 0 Å². The molecule has 0 N–H and O–H groups in total. The minimum Gasteiger partial charge on any atom is -0.456 e. The van der Waals surface area contributed by atoms with Gasteiger partial charge in [0.05, 0.1) is 5.57 Å². The van der Waals surface area contributed by atoms with Gasteiger partial charge in [-0.15, -0.1) is 0 Å². The fraction of sp³-hybridized carbons (Fsp3) is 0.158. The molecule has 1 aromatic carbocycles. The van der Waals surface area contributed by atoms with Gasteiger partial charge in [0.25, 0.3) is 0 Å². The standard InChI is InChI=1S/C19H13ClO4/c1-10-9-15-18(19(22)23-10)16(11-5-7-12(20)8-6-11)17-13(21)3-2-4-14(17)24-15/h4-9H,2-3H2,1H3. The molecule has 2 heterocycles. The van der Waals surface area contributed by atoms with Crippen LogP contribution in [-0.4, -0.2) is 5.78 Å². The van der Waals surface area contributed by atoms with Crippen LogP contribution in [0, 0.1) is 6.92 Å². The molecule has 0 fully saturated rings. The van der Waals surface area contributed by atoms with Crippen molar-refractivity contribution in [3.63, 3.8) is 0 Å². The molecule has 1 aliphatic heterocycles. The Bertz CT molecular complexity index is 977. The van der Waals surface area contributed by atoms with E-state index in [4.69, 9.17) is 20.8 Å². The lowest BCUT2D eigenvalue weighted by Gasteiger charge is -2.27. The van der Waals surface area contributed by atoms with Crippen molar-refractivity contribution in [2.45, 2.75) is 19.8 Å². The molecule has 0 saturated heterocycles. The second-order valence-electron chi connectivity index (χ2n) is 5.77. The molecule has 2 aliphatic rings. The van der Waals surface area contributed by atoms with Gasteiger partial charge in [0, 0.05) is 23.1 Å². The number of ether oxygens (including phenoxy) is 1. The van der Waals surface area contributed by atoms with Gasteiger partial charge >= 0.3 is 5.63 Å². The summed E-state index contributed by atoms with van der Waals surface area (Å²) in [4.78, 5) is 25.0. The van der Waals surface area contributed by atoms with Gasteiger partial charge in [-0.2, -0.15) is 0 Å². The van der Waals surface area contributed by atoms with Gasteiger partial charge in [-0.05, 0) is 37.1 Å². The summed E-state index contributed by atoms with van der Waals surface area (Å²) in [5.74, 6) is 1.34. The summed E-state index contributed by atoms with van der Waals surface area (Å²) < 4.78 is 11.1. The highest BCUT2D eigenvalue weighted by atomic mass is 35.5. The van der Waals surface area contributed by atoms with Crippen LogP contribution in [0.3, 0.4) is 0 Å². The molecule has 120 valence electrons. The molecule has 0 amide bonds. The Hall–Kier alpha value is -2.59. The first kappa shape index (κ1) is 15.0. The maximum Gasteiger partial charge on any atom is 0.347 e. The Morgan fingerprint density at radius 1 is 1.08 bits per heavy atom. The number of Topliss-reactive ketones (excluding diaryl/α,β-unsaturated/α-hetero) is 1. The van der Waals surface area contributed by atoms with Crippen LogP contribution in [0.25, 0.3) is 5.57 Å². The van der Waals surface area contributed by atoms with Crippen molar-refractivity contribution in [3.8, 4) is 5.75 Å². The maximum atomic E-state index is 12.5.